The number of hydrogen-bond donors (Lipinski definition) is 1. The molecule has 0 unspecified atom stereocenters. The van der Waals surface area contributed by atoms with Gasteiger partial charge in [0.25, 0.3) is 0 Å². The lowest BCUT2D eigenvalue weighted by Crippen LogP contribution is -2.19. The van der Waals surface area contributed by atoms with Crippen LogP contribution in [0.2, 0.25) is 0 Å². The number of benzene rings is 1. The van der Waals surface area contributed by atoms with E-state index in [1.807, 2.05) is 6.07 Å². The third-order valence-corrected chi connectivity index (χ3v) is 3.38. The Bertz CT molecular complexity index is 350. The van der Waals surface area contributed by atoms with Gasteiger partial charge in [-0.15, -0.1) is 11.8 Å². The number of rotatable bonds is 6. The Morgan fingerprint density at radius 3 is 2.53 bits per heavy atom. The molecule has 0 saturated carbocycles. The van der Waals surface area contributed by atoms with Crippen molar-refractivity contribution in [2.75, 3.05) is 6.54 Å². The maximum absolute atomic E-state index is 13.2. The fourth-order valence-corrected chi connectivity index (χ4v) is 2.49. The van der Waals surface area contributed by atoms with Crippen molar-refractivity contribution in [3.8, 4) is 0 Å². The summed E-state index contributed by atoms with van der Waals surface area (Å²) in [5, 5.41) is 3.88. The maximum Gasteiger partial charge on any atom is 0.123 e. The molecule has 1 nitrogen and oxygen atoms in total. The van der Waals surface area contributed by atoms with Crippen molar-refractivity contribution < 1.29 is 4.39 Å². The van der Waals surface area contributed by atoms with Gasteiger partial charge in [-0.1, -0.05) is 27.7 Å². The summed E-state index contributed by atoms with van der Waals surface area (Å²) in [6, 6.07) is 5.06. The van der Waals surface area contributed by atoms with E-state index >= 15 is 0 Å². The minimum atomic E-state index is -0.153. The molecule has 0 radical (unpaired) electrons. The lowest BCUT2D eigenvalue weighted by atomic mass is 10.2. The number of nitrogens with one attached hydrogen (secondary N) is 1. The second-order valence-electron chi connectivity index (χ2n) is 4.94. The Hall–Kier alpha value is -0.540. The SMILES string of the molecule is CC(C)CNCc1cc(F)ccc1SC(C)C. The molecule has 0 spiro atoms. The van der Waals surface area contributed by atoms with Crippen LogP contribution >= 0.6 is 11.8 Å². The van der Waals surface area contributed by atoms with E-state index in [4.69, 9.17) is 0 Å². The molecule has 1 rings (SSSR count). The third-order valence-electron chi connectivity index (χ3n) is 2.25. The zero-order valence-electron chi connectivity index (χ0n) is 11.1. The summed E-state index contributed by atoms with van der Waals surface area (Å²) in [6.45, 7) is 10.3. The minimum absolute atomic E-state index is 0.153. The smallest absolute Gasteiger partial charge is 0.123 e. The third kappa shape index (κ3) is 5.55. The molecule has 1 aromatic carbocycles. The fraction of sp³-hybridized carbons (Fsp3) is 0.571. The monoisotopic (exact) mass is 255 g/mol. The zero-order valence-corrected chi connectivity index (χ0v) is 11.9. The summed E-state index contributed by atoms with van der Waals surface area (Å²) in [6.07, 6.45) is 0. The molecule has 0 aromatic heterocycles. The minimum Gasteiger partial charge on any atom is -0.312 e. The molecule has 0 bridgehead atoms. The first-order valence-electron chi connectivity index (χ1n) is 6.15. The zero-order chi connectivity index (χ0) is 12.8. The number of thioether (sulfide) groups is 1. The van der Waals surface area contributed by atoms with Crippen LogP contribution in [0.4, 0.5) is 4.39 Å². The lowest BCUT2D eigenvalue weighted by Gasteiger charge is -2.13. The summed E-state index contributed by atoms with van der Waals surface area (Å²) in [5.74, 6) is 0.462. The van der Waals surface area contributed by atoms with Gasteiger partial charge in [-0.3, -0.25) is 0 Å². The molecule has 0 aliphatic carbocycles. The first kappa shape index (κ1) is 14.5. The first-order valence-corrected chi connectivity index (χ1v) is 7.02. The van der Waals surface area contributed by atoms with Crippen molar-refractivity contribution >= 4 is 11.8 Å². The first-order chi connectivity index (χ1) is 7.99. The quantitative estimate of drug-likeness (QED) is 0.769. The summed E-state index contributed by atoms with van der Waals surface area (Å²) in [7, 11) is 0. The van der Waals surface area contributed by atoms with Gasteiger partial charge in [-0.05, 0) is 36.2 Å². The molecule has 0 heterocycles. The van der Waals surface area contributed by atoms with Crippen LogP contribution in [-0.4, -0.2) is 11.8 Å². The molecule has 0 aliphatic rings. The lowest BCUT2D eigenvalue weighted by molar-refractivity contribution is 0.547. The summed E-state index contributed by atoms with van der Waals surface area (Å²) >= 11 is 1.79. The number of hydrogen-bond acceptors (Lipinski definition) is 2. The van der Waals surface area contributed by atoms with Crippen molar-refractivity contribution in [1.29, 1.82) is 0 Å². The van der Waals surface area contributed by atoms with Gasteiger partial charge >= 0.3 is 0 Å². The summed E-state index contributed by atoms with van der Waals surface area (Å²) < 4.78 is 13.2. The topological polar surface area (TPSA) is 12.0 Å². The van der Waals surface area contributed by atoms with Crippen LogP contribution in [0.3, 0.4) is 0 Å². The van der Waals surface area contributed by atoms with E-state index in [0.717, 1.165) is 18.7 Å². The fourth-order valence-electron chi connectivity index (χ4n) is 1.55. The molecule has 17 heavy (non-hydrogen) atoms. The number of halogens is 1. The molecule has 96 valence electrons. The Labute approximate surface area is 108 Å². The Balaban J connectivity index is 2.69. The average molecular weight is 255 g/mol. The van der Waals surface area contributed by atoms with Gasteiger partial charge in [0.15, 0.2) is 0 Å². The van der Waals surface area contributed by atoms with Crippen molar-refractivity contribution in [3.05, 3.63) is 29.6 Å². The second-order valence-corrected chi connectivity index (χ2v) is 6.56. The van der Waals surface area contributed by atoms with Gasteiger partial charge in [0, 0.05) is 16.7 Å². The Morgan fingerprint density at radius 2 is 1.94 bits per heavy atom. The molecule has 1 aromatic rings. The van der Waals surface area contributed by atoms with Crippen molar-refractivity contribution in [1.82, 2.24) is 5.32 Å². The maximum atomic E-state index is 13.2. The Morgan fingerprint density at radius 1 is 1.24 bits per heavy atom. The van der Waals surface area contributed by atoms with E-state index in [1.54, 1.807) is 17.8 Å². The van der Waals surface area contributed by atoms with Gasteiger partial charge in [0.1, 0.15) is 5.82 Å². The highest BCUT2D eigenvalue weighted by Crippen LogP contribution is 2.27. The molecule has 1 N–H and O–H groups in total. The largest absolute Gasteiger partial charge is 0.312 e. The van der Waals surface area contributed by atoms with Crippen LogP contribution in [0.1, 0.15) is 33.3 Å². The van der Waals surface area contributed by atoms with Gasteiger partial charge in [-0.25, -0.2) is 4.39 Å². The van der Waals surface area contributed by atoms with E-state index in [9.17, 15) is 4.39 Å². The molecule has 0 amide bonds. The van der Waals surface area contributed by atoms with Crippen LogP contribution in [0.15, 0.2) is 23.1 Å². The molecule has 0 fully saturated rings. The van der Waals surface area contributed by atoms with Gasteiger partial charge in [0.2, 0.25) is 0 Å². The van der Waals surface area contributed by atoms with Gasteiger partial charge in [-0.2, -0.15) is 0 Å². The average Bonchev–Trinajstić information content (AvgIpc) is 2.21. The van der Waals surface area contributed by atoms with E-state index < -0.39 is 0 Å². The van der Waals surface area contributed by atoms with Crippen LogP contribution in [-0.2, 0) is 6.54 Å². The van der Waals surface area contributed by atoms with Crippen LogP contribution < -0.4 is 5.32 Å². The molecule has 0 atom stereocenters. The predicted molar refractivity (Wildman–Crippen MR) is 73.9 cm³/mol. The predicted octanol–water partition coefficient (Wildman–Crippen LogP) is 4.07. The summed E-state index contributed by atoms with van der Waals surface area (Å²) in [4.78, 5) is 1.18. The van der Waals surface area contributed by atoms with E-state index in [2.05, 4.69) is 33.0 Å². The van der Waals surface area contributed by atoms with Crippen molar-refractivity contribution in [2.24, 2.45) is 5.92 Å². The van der Waals surface area contributed by atoms with Crippen LogP contribution in [0.25, 0.3) is 0 Å². The van der Waals surface area contributed by atoms with Gasteiger partial charge < -0.3 is 5.32 Å². The molecule has 0 aliphatic heterocycles. The van der Waals surface area contributed by atoms with Gasteiger partial charge in [0.05, 0.1) is 0 Å². The van der Waals surface area contributed by atoms with Crippen molar-refractivity contribution in [2.45, 2.75) is 44.4 Å². The van der Waals surface area contributed by atoms with E-state index in [1.165, 1.54) is 11.0 Å². The second kappa shape index (κ2) is 7.02. The molecular weight excluding hydrogens is 233 g/mol. The Kier molecular flexibility index (Phi) is 6.00. The molecular formula is C14H22FNS. The van der Waals surface area contributed by atoms with Crippen molar-refractivity contribution in [3.63, 3.8) is 0 Å². The summed E-state index contributed by atoms with van der Waals surface area (Å²) in [5.41, 5.74) is 1.06. The highest BCUT2D eigenvalue weighted by Gasteiger charge is 2.07. The van der Waals surface area contributed by atoms with E-state index in [0.29, 0.717) is 11.2 Å². The highest BCUT2D eigenvalue weighted by atomic mass is 32.2. The van der Waals surface area contributed by atoms with Crippen LogP contribution in [0, 0.1) is 11.7 Å². The standard InChI is InChI=1S/C14H22FNS/c1-10(2)8-16-9-12-7-13(15)5-6-14(12)17-11(3)4/h5-7,10-11,16H,8-9H2,1-4H3. The molecule has 0 saturated heterocycles. The highest BCUT2D eigenvalue weighted by molar-refractivity contribution is 8.00. The molecule has 3 heteroatoms. The van der Waals surface area contributed by atoms with Crippen LogP contribution in [0.5, 0.6) is 0 Å². The normalized spacial score (nSPS) is 11.5. The van der Waals surface area contributed by atoms with E-state index in [-0.39, 0.29) is 5.82 Å².